The van der Waals surface area contributed by atoms with Crippen LogP contribution in [0.1, 0.15) is 48.3 Å². The minimum absolute atomic E-state index is 0.0537. The highest BCUT2D eigenvalue weighted by atomic mass is 32.2. The number of fused-ring (bicyclic) bond motifs is 3. The molecule has 1 amide bonds. The van der Waals surface area contributed by atoms with E-state index < -0.39 is 33.3 Å². The van der Waals surface area contributed by atoms with Crippen molar-refractivity contribution in [1.29, 1.82) is 0 Å². The SMILES string of the molecule is CN=S1(=O)CCC(C(=O)N2CC[C@H]3c4ccc(C(F)(C(F)(F)F)C(F)(F)F)cc4CC[C@H]32)CC1. The lowest BCUT2D eigenvalue weighted by Gasteiger charge is -2.37. The number of rotatable bonds is 2. The maximum Gasteiger partial charge on any atom is 0.435 e. The zero-order valence-corrected chi connectivity index (χ0v) is 19.2. The normalized spacial score (nSPS) is 30.0. The van der Waals surface area contributed by atoms with E-state index in [9.17, 15) is 39.7 Å². The smallest absolute Gasteiger partial charge is 0.339 e. The monoisotopic (exact) mass is 514 g/mol. The summed E-state index contributed by atoms with van der Waals surface area (Å²) in [7, 11) is -0.745. The van der Waals surface area contributed by atoms with E-state index >= 15 is 0 Å². The van der Waals surface area contributed by atoms with E-state index in [0.29, 0.717) is 61.4 Å². The predicted octanol–water partition coefficient (Wildman–Crippen LogP) is 5.11. The Hall–Kier alpha value is -1.85. The Morgan fingerprint density at radius 1 is 1.00 bits per heavy atom. The van der Waals surface area contributed by atoms with Crippen LogP contribution < -0.4 is 0 Å². The van der Waals surface area contributed by atoms with Gasteiger partial charge in [-0.25, -0.2) is 13.0 Å². The second-order valence-electron chi connectivity index (χ2n) is 9.24. The fraction of sp³-hybridized carbons (Fsp3) is 0.682. The van der Waals surface area contributed by atoms with Crippen LogP contribution in [0.15, 0.2) is 22.6 Å². The quantitative estimate of drug-likeness (QED) is 0.515. The van der Waals surface area contributed by atoms with Crippen molar-refractivity contribution in [3.05, 3.63) is 34.9 Å². The van der Waals surface area contributed by atoms with Crippen molar-refractivity contribution >= 4 is 15.6 Å². The molecule has 2 saturated heterocycles. The van der Waals surface area contributed by atoms with Crippen molar-refractivity contribution in [2.45, 2.75) is 62.1 Å². The van der Waals surface area contributed by atoms with E-state index in [4.69, 9.17) is 0 Å². The van der Waals surface area contributed by atoms with Crippen molar-refractivity contribution in [1.82, 2.24) is 4.90 Å². The maximum absolute atomic E-state index is 14.5. The van der Waals surface area contributed by atoms with Crippen LogP contribution in [0.2, 0.25) is 0 Å². The molecule has 1 aromatic rings. The summed E-state index contributed by atoms with van der Waals surface area (Å²) in [5, 5.41) is 0. The van der Waals surface area contributed by atoms with Crippen LogP contribution in [0.25, 0.3) is 0 Å². The van der Waals surface area contributed by atoms with Gasteiger partial charge < -0.3 is 4.90 Å². The lowest BCUT2D eigenvalue weighted by atomic mass is 9.77. The summed E-state index contributed by atoms with van der Waals surface area (Å²) in [6, 6.07) is 2.19. The second kappa shape index (κ2) is 8.37. The molecule has 4 nitrogen and oxygen atoms in total. The number of hydrogen-bond donors (Lipinski definition) is 0. The summed E-state index contributed by atoms with van der Waals surface area (Å²) in [6.45, 7) is 0.428. The molecule has 2 heterocycles. The first-order valence-electron chi connectivity index (χ1n) is 11.1. The van der Waals surface area contributed by atoms with Crippen LogP contribution in [0.3, 0.4) is 0 Å². The van der Waals surface area contributed by atoms with Crippen LogP contribution in [-0.2, 0) is 26.6 Å². The van der Waals surface area contributed by atoms with Gasteiger partial charge in [-0.15, -0.1) is 0 Å². The van der Waals surface area contributed by atoms with Gasteiger partial charge in [0.2, 0.25) is 5.91 Å². The predicted molar refractivity (Wildman–Crippen MR) is 111 cm³/mol. The van der Waals surface area contributed by atoms with Crippen molar-refractivity contribution in [2.24, 2.45) is 10.3 Å². The summed E-state index contributed by atoms with van der Waals surface area (Å²) in [5.41, 5.74) is -6.10. The topological polar surface area (TPSA) is 49.7 Å². The Morgan fingerprint density at radius 2 is 1.62 bits per heavy atom. The van der Waals surface area contributed by atoms with Gasteiger partial charge in [0, 0.05) is 58.3 Å². The number of carbonyl (C=O) groups excluding carboxylic acids is 1. The van der Waals surface area contributed by atoms with Gasteiger partial charge in [0.05, 0.1) is 0 Å². The van der Waals surface area contributed by atoms with Gasteiger partial charge in [-0.3, -0.25) is 4.79 Å². The minimum Gasteiger partial charge on any atom is -0.339 e. The summed E-state index contributed by atoms with van der Waals surface area (Å²) < 4.78 is 110. The highest BCUT2D eigenvalue weighted by molar-refractivity contribution is 7.93. The van der Waals surface area contributed by atoms with E-state index in [1.165, 1.54) is 7.05 Å². The number of likely N-dealkylation sites (tertiary alicyclic amines) is 1. The zero-order chi connectivity index (χ0) is 25.1. The number of hydrogen-bond acceptors (Lipinski definition) is 3. The summed E-state index contributed by atoms with van der Waals surface area (Å²) in [6.07, 6.45) is -10.3. The van der Waals surface area contributed by atoms with Crippen LogP contribution in [-0.4, -0.2) is 58.5 Å². The third-order valence-electron chi connectivity index (χ3n) is 7.51. The number of carbonyl (C=O) groups is 1. The molecule has 0 N–H and O–H groups in total. The molecule has 1 aliphatic carbocycles. The molecule has 0 aromatic heterocycles. The van der Waals surface area contributed by atoms with E-state index in [-0.39, 0.29) is 35.8 Å². The Morgan fingerprint density at radius 3 is 2.18 bits per heavy atom. The number of aryl methyl sites for hydroxylation is 1. The Labute approximate surface area is 193 Å². The maximum atomic E-state index is 14.5. The van der Waals surface area contributed by atoms with Gasteiger partial charge >= 0.3 is 18.0 Å². The van der Waals surface area contributed by atoms with Crippen molar-refractivity contribution in [3.8, 4) is 0 Å². The molecule has 3 aliphatic rings. The van der Waals surface area contributed by atoms with Gasteiger partial charge in [-0.1, -0.05) is 18.2 Å². The van der Waals surface area contributed by atoms with Gasteiger partial charge in [0.1, 0.15) is 0 Å². The molecule has 34 heavy (non-hydrogen) atoms. The van der Waals surface area contributed by atoms with Gasteiger partial charge in [-0.2, -0.15) is 26.3 Å². The first-order chi connectivity index (χ1) is 15.7. The summed E-state index contributed by atoms with van der Waals surface area (Å²) in [5.74, 6) is 0.158. The largest absolute Gasteiger partial charge is 0.435 e. The van der Waals surface area contributed by atoms with Crippen LogP contribution in [0.4, 0.5) is 30.7 Å². The number of halogens is 7. The number of amides is 1. The molecule has 0 bridgehead atoms. The molecule has 0 spiro atoms. The first-order valence-corrected chi connectivity index (χ1v) is 12.9. The van der Waals surface area contributed by atoms with E-state index in [1.807, 2.05) is 0 Å². The molecule has 2 atom stereocenters. The fourth-order valence-electron chi connectivity index (χ4n) is 5.60. The number of benzene rings is 1. The molecule has 12 heteroatoms. The van der Waals surface area contributed by atoms with Crippen molar-refractivity contribution in [3.63, 3.8) is 0 Å². The summed E-state index contributed by atoms with van der Waals surface area (Å²) in [4.78, 5) is 14.9. The first kappa shape index (κ1) is 25.2. The average molecular weight is 515 g/mol. The van der Waals surface area contributed by atoms with Crippen molar-refractivity contribution in [2.75, 3.05) is 25.1 Å². The third-order valence-corrected chi connectivity index (χ3v) is 9.93. The Bertz CT molecular complexity index is 1060. The highest BCUT2D eigenvalue weighted by Crippen LogP contribution is 2.54. The lowest BCUT2D eigenvalue weighted by molar-refractivity contribution is -0.348. The fourth-order valence-corrected chi connectivity index (χ4v) is 7.47. The molecule has 0 radical (unpaired) electrons. The van der Waals surface area contributed by atoms with Gasteiger partial charge in [-0.05, 0) is 43.2 Å². The van der Waals surface area contributed by atoms with E-state index in [1.54, 1.807) is 4.90 Å². The third kappa shape index (κ3) is 3.99. The average Bonchev–Trinajstić information content (AvgIpc) is 3.21. The Balaban J connectivity index is 1.56. The molecule has 2 fully saturated rings. The summed E-state index contributed by atoms with van der Waals surface area (Å²) >= 11 is 0. The van der Waals surface area contributed by atoms with Gasteiger partial charge in [0.25, 0.3) is 0 Å². The highest BCUT2D eigenvalue weighted by Gasteiger charge is 2.73. The van der Waals surface area contributed by atoms with Crippen LogP contribution in [0.5, 0.6) is 0 Å². The molecule has 1 aromatic carbocycles. The zero-order valence-electron chi connectivity index (χ0n) is 18.4. The molecule has 2 aliphatic heterocycles. The lowest BCUT2D eigenvalue weighted by Crippen LogP contribution is -2.50. The van der Waals surface area contributed by atoms with Gasteiger partial charge in [0.15, 0.2) is 0 Å². The molecule has 0 saturated carbocycles. The molecule has 4 rings (SSSR count). The molecular formula is C22H25F7N2O2S. The number of nitrogens with zero attached hydrogens (tertiary/aromatic N) is 2. The standard InChI is InChI=1S/C22H25F7N2O2S/c1-30-34(33)10-7-13(8-11-34)19(32)31-9-6-17-16-4-3-15(12-14(16)2-5-18(17)31)20(23,21(24,25)26)22(27,28)29/h3-4,12-13,17-18H,2,5-11H2,1H3/t13?,17-,18+,34?/m0/s1. The van der Waals surface area contributed by atoms with E-state index in [0.717, 1.165) is 6.07 Å². The minimum atomic E-state index is -6.15. The van der Waals surface area contributed by atoms with Crippen molar-refractivity contribution < 1.29 is 39.7 Å². The Kier molecular flexibility index (Phi) is 6.22. The molecule has 0 unspecified atom stereocenters. The second-order valence-corrected chi connectivity index (χ2v) is 12.0. The van der Waals surface area contributed by atoms with Crippen LogP contribution in [0, 0.1) is 5.92 Å². The van der Waals surface area contributed by atoms with E-state index in [2.05, 4.69) is 4.36 Å². The number of alkyl halides is 7. The molecular weight excluding hydrogens is 489 g/mol. The molecule has 190 valence electrons. The van der Waals surface area contributed by atoms with Crippen LogP contribution >= 0.6 is 0 Å².